The van der Waals surface area contributed by atoms with Gasteiger partial charge in [-0.2, -0.15) is 0 Å². The lowest BCUT2D eigenvalue weighted by atomic mass is 10.2. The smallest absolute Gasteiger partial charge is 0.220 e. The van der Waals surface area contributed by atoms with Gasteiger partial charge in [-0.15, -0.1) is 0 Å². The van der Waals surface area contributed by atoms with Crippen LogP contribution in [0.1, 0.15) is 11.3 Å². The van der Waals surface area contributed by atoms with E-state index in [1.54, 1.807) is 7.05 Å². The molecule has 5 nitrogen and oxygen atoms in total. The summed E-state index contributed by atoms with van der Waals surface area (Å²) in [6.45, 7) is 3.56. The third-order valence-electron chi connectivity index (χ3n) is 2.49. The third-order valence-corrected chi connectivity index (χ3v) is 2.49. The predicted octanol–water partition coefficient (Wildman–Crippen LogP) is 0.767. The molecule has 0 spiro atoms. The van der Waals surface area contributed by atoms with Gasteiger partial charge in [0.25, 0.3) is 0 Å². The van der Waals surface area contributed by atoms with Crippen LogP contribution in [0.15, 0.2) is 28.3 Å². The maximum atomic E-state index is 4.26. The van der Waals surface area contributed by atoms with E-state index in [-0.39, 0.29) is 0 Å². The summed E-state index contributed by atoms with van der Waals surface area (Å²) in [5.41, 5.74) is 2.28. The van der Waals surface area contributed by atoms with E-state index in [0.717, 1.165) is 18.9 Å². The average molecular weight is 217 g/mol. The summed E-state index contributed by atoms with van der Waals surface area (Å²) in [4.78, 5) is 14.5. The molecule has 1 aliphatic rings. The van der Waals surface area contributed by atoms with Crippen LogP contribution in [0.3, 0.4) is 0 Å². The SMILES string of the molecule is CN=C1N=CN(Cc2cccnc2C)CN1. The van der Waals surface area contributed by atoms with E-state index in [1.807, 2.05) is 25.5 Å². The Kier molecular flexibility index (Phi) is 3.14. The quantitative estimate of drug-likeness (QED) is 0.796. The average Bonchev–Trinajstić information content (AvgIpc) is 2.33. The molecular formula is C11H15N5. The maximum absolute atomic E-state index is 4.26. The standard InChI is InChI=1S/C11H15N5/c1-9-10(4-3-5-13-9)6-16-7-14-11(12-2)15-8-16/h3-5,7H,6,8H2,1-2H3,(H,12,15). The Bertz CT molecular complexity index is 424. The monoisotopic (exact) mass is 217 g/mol. The van der Waals surface area contributed by atoms with Crippen molar-refractivity contribution in [3.8, 4) is 0 Å². The van der Waals surface area contributed by atoms with Crippen LogP contribution in [0.25, 0.3) is 0 Å². The van der Waals surface area contributed by atoms with Gasteiger partial charge in [-0.3, -0.25) is 9.98 Å². The summed E-state index contributed by atoms with van der Waals surface area (Å²) in [5.74, 6) is 0.680. The van der Waals surface area contributed by atoms with Gasteiger partial charge in [0.2, 0.25) is 5.96 Å². The number of pyridine rings is 1. The number of guanidine groups is 1. The van der Waals surface area contributed by atoms with Crippen LogP contribution in [0.2, 0.25) is 0 Å². The zero-order valence-corrected chi connectivity index (χ0v) is 9.51. The van der Waals surface area contributed by atoms with Crippen molar-refractivity contribution < 1.29 is 0 Å². The summed E-state index contributed by atoms with van der Waals surface area (Å²) in [6.07, 6.45) is 3.62. The van der Waals surface area contributed by atoms with Crippen LogP contribution in [0.5, 0.6) is 0 Å². The lowest BCUT2D eigenvalue weighted by molar-refractivity contribution is 0.406. The van der Waals surface area contributed by atoms with Crippen LogP contribution in [0.4, 0.5) is 0 Å². The van der Waals surface area contributed by atoms with Gasteiger partial charge in [0.1, 0.15) is 0 Å². The van der Waals surface area contributed by atoms with Crippen molar-refractivity contribution in [3.05, 3.63) is 29.6 Å². The molecule has 0 radical (unpaired) electrons. The van der Waals surface area contributed by atoms with Crippen molar-refractivity contribution >= 4 is 12.3 Å². The molecule has 1 N–H and O–H groups in total. The van der Waals surface area contributed by atoms with Crippen molar-refractivity contribution in [2.45, 2.75) is 13.5 Å². The Morgan fingerprint density at radius 1 is 1.56 bits per heavy atom. The fraction of sp³-hybridized carbons (Fsp3) is 0.364. The molecule has 1 aromatic rings. The van der Waals surface area contributed by atoms with Crippen molar-refractivity contribution in [2.24, 2.45) is 9.98 Å². The van der Waals surface area contributed by atoms with Crippen LogP contribution in [-0.4, -0.2) is 35.9 Å². The van der Waals surface area contributed by atoms with E-state index in [0.29, 0.717) is 5.96 Å². The van der Waals surface area contributed by atoms with Gasteiger partial charge in [-0.05, 0) is 18.6 Å². The summed E-state index contributed by atoms with van der Waals surface area (Å²) in [7, 11) is 1.72. The highest BCUT2D eigenvalue weighted by Crippen LogP contribution is 2.07. The van der Waals surface area contributed by atoms with Gasteiger partial charge in [0, 0.05) is 25.5 Å². The van der Waals surface area contributed by atoms with E-state index in [4.69, 9.17) is 0 Å². The Morgan fingerprint density at radius 3 is 3.06 bits per heavy atom. The van der Waals surface area contributed by atoms with Crippen molar-refractivity contribution in [3.63, 3.8) is 0 Å². The Balaban J connectivity index is 2.05. The molecule has 0 aliphatic carbocycles. The highest BCUT2D eigenvalue weighted by Gasteiger charge is 2.09. The van der Waals surface area contributed by atoms with Crippen molar-refractivity contribution in [2.75, 3.05) is 13.7 Å². The second-order valence-corrected chi connectivity index (χ2v) is 3.62. The van der Waals surface area contributed by atoms with E-state index < -0.39 is 0 Å². The number of aliphatic imine (C=N–C) groups is 2. The molecule has 0 amide bonds. The van der Waals surface area contributed by atoms with Gasteiger partial charge in [0.05, 0.1) is 13.0 Å². The first-order valence-electron chi connectivity index (χ1n) is 5.19. The minimum absolute atomic E-state index is 0.680. The third kappa shape index (κ3) is 2.36. The molecular weight excluding hydrogens is 202 g/mol. The Morgan fingerprint density at radius 2 is 2.44 bits per heavy atom. The topological polar surface area (TPSA) is 52.9 Å². The predicted molar refractivity (Wildman–Crippen MR) is 64.4 cm³/mol. The van der Waals surface area contributed by atoms with E-state index in [1.165, 1.54) is 5.56 Å². The zero-order valence-electron chi connectivity index (χ0n) is 9.51. The van der Waals surface area contributed by atoms with Crippen molar-refractivity contribution in [1.82, 2.24) is 15.2 Å². The molecule has 84 valence electrons. The second kappa shape index (κ2) is 4.74. The van der Waals surface area contributed by atoms with Gasteiger partial charge in [0.15, 0.2) is 0 Å². The molecule has 2 heterocycles. The Labute approximate surface area is 94.9 Å². The molecule has 5 heteroatoms. The van der Waals surface area contributed by atoms with Crippen molar-refractivity contribution in [1.29, 1.82) is 0 Å². The van der Waals surface area contributed by atoms with E-state index in [9.17, 15) is 0 Å². The fourth-order valence-electron chi connectivity index (χ4n) is 1.53. The maximum Gasteiger partial charge on any atom is 0.220 e. The lowest BCUT2D eigenvalue weighted by Gasteiger charge is -2.24. The first-order chi connectivity index (χ1) is 7.79. The largest absolute Gasteiger partial charge is 0.340 e. The molecule has 16 heavy (non-hydrogen) atoms. The van der Waals surface area contributed by atoms with Gasteiger partial charge < -0.3 is 10.2 Å². The van der Waals surface area contributed by atoms with E-state index in [2.05, 4.69) is 31.3 Å². The first-order valence-corrected chi connectivity index (χ1v) is 5.19. The zero-order chi connectivity index (χ0) is 11.4. The Hall–Kier alpha value is -1.91. The van der Waals surface area contributed by atoms with Crippen LogP contribution in [0, 0.1) is 6.92 Å². The first kappa shape index (κ1) is 10.6. The second-order valence-electron chi connectivity index (χ2n) is 3.62. The number of aryl methyl sites for hydroxylation is 1. The highest BCUT2D eigenvalue weighted by molar-refractivity contribution is 5.88. The lowest BCUT2D eigenvalue weighted by Crippen LogP contribution is -2.40. The molecule has 2 rings (SSSR count). The molecule has 0 fully saturated rings. The summed E-state index contributed by atoms with van der Waals surface area (Å²) >= 11 is 0. The summed E-state index contributed by atoms with van der Waals surface area (Å²) in [5, 5.41) is 3.12. The van der Waals surface area contributed by atoms with Crippen LogP contribution >= 0.6 is 0 Å². The molecule has 1 aliphatic heterocycles. The summed E-state index contributed by atoms with van der Waals surface area (Å²) in [6, 6.07) is 4.04. The summed E-state index contributed by atoms with van der Waals surface area (Å²) < 4.78 is 0. The molecule has 0 saturated carbocycles. The number of rotatable bonds is 2. The molecule has 0 aromatic carbocycles. The molecule has 0 atom stereocenters. The minimum atomic E-state index is 0.680. The normalized spacial score (nSPS) is 17.6. The van der Waals surface area contributed by atoms with Crippen LogP contribution in [-0.2, 0) is 6.54 Å². The minimum Gasteiger partial charge on any atom is -0.340 e. The number of aromatic nitrogens is 1. The molecule has 0 saturated heterocycles. The van der Waals surface area contributed by atoms with Gasteiger partial charge in [-0.25, -0.2) is 4.99 Å². The molecule has 0 unspecified atom stereocenters. The number of nitrogens with one attached hydrogen (secondary N) is 1. The number of nitrogens with zero attached hydrogens (tertiary/aromatic N) is 4. The highest BCUT2D eigenvalue weighted by atomic mass is 15.3. The fourth-order valence-corrected chi connectivity index (χ4v) is 1.53. The van der Waals surface area contributed by atoms with Gasteiger partial charge in [-0.1, -0.05) is 6.07 Å². The van der Waals surface area contributed by atoms with Gasteiger partial charge >= 0.3 is 0 Å². The molecule has 1 aromatic heterocycles. The number of hydrogen-bond acceptors (Lipinski definition) is 3. The van der Waals surface area contributed by atoms with Crippen LogP contribution < -0.4 is 5.32 Å². The molecule has 0 bridgehead atoms. The van der Waals surface area contributed by atoms with E-state index >= 15 is 0 Å². The number of hydrogen-bond donors (Lipinski definition) is 1.